The van der Waals surface area contributed by atoms with Gasteiger partial charge in [-0.15, -0.1) is 0 Å². The highest BCUT2D eigenvalue weighted by molar-refractivity contribution is 5.92. The molecule has 0 amide bonds. The van der Waals surface area contributed by atoms with Gasteiger partial charge in [0, 0.05) is 10.9 Å². The molecule has 0 unspecified atom stereocenters. The van der Waals surface area contributed by atoms with Crippen molar-refractivity contribution in [1.82, 2.24) is 0 Å². The number of furan rings is 1. The van der Waals surface area contributed by atoms with Crippen LogP contribution < -0.4 is 4.74 Å². The Balaban J connectivity index is 1.51. The second kappa shape index (κ2) is 7.41. The van der Waals surface area contributed by atoms with Crippen molar-refractivity contribution in [3.63, 3.8) is 0 Å². The van der Waals surface area contributed by atoms with Gasteiger partial charge in [0.2, 0.25) is 0 Å². The highest BCUT2D eigenvalue weighted by Gasteiger charge is 2.15. The first-order valence-corrected chi connectivity index (χ1v) is 9.65. The summed E-state index contributed by atoms with van der Waals surface area (Å²) in [6.07, 6.45) is 0. The molecule has 30 heavy (non-hydrogen) atoms. The topological polar surface area (TPSA) is 59.7 Å². The van der Waals surface area contributed by atoms with Crippen molar-refractivity contribution in [2.24, 2.45) is 0 Å². The van der Waals surface area contributed by atoms with Gasteiger partial charge in [-0.2, -0.15) is 0 Å². The second-order valence-corrected chi connectivity index (χ2v) is 7.09. The first-order chi connectivity index (χ1) is 14.7. The maximum absolute atomic E-state index is 11.7. The van der Waals surface area contributed by atoms with Crippen molar-refractivity contribution >= 4 is 27.7 Å². The van der Waals surface area contributed by atoms with Crippen molar-refractivity contribution in [2.75, 3.05) is 0 Å². The van der Waals surface area contributed by atoms with Crippen LogP contribution in [0.15, 0.2) is 95.4 Å². The molecule has 146 valence electrons. The summed E-state index contributed by atoms with van der Waals surface area (Å²) in [5, 5.41) is 12.8. The summed E-state index contributed by atoms with van der Waals surface area (Å²) < 4.78 is 11.9. The van der Waals surface area contributed by atoms with Crippen LogP contribution >= 0.6 is 0 Å². The third-order valence-corrected chi connectivity index (χ3v) is 5.19. The number of rotatable bonds is 5. The summed E-state index contributed by atoms with van der Waals surface area (Å²) >= 11 is 0. The normalized spacial score (nSPS) is 11.1. The first kappa shape index (κ1) is 18.0. The molecule has 0 atom stereocenters. The van der Waals surface area contributed by atoms with Gasteiger partial charge in [-0.3, -0.25) is 0 Å². The molecule has 0 aliphatic rings. The fourth-order valence-corrected chi connectivity index (χ4v) is 3.67. The minimum absolute atomic E-state index is 0.120. The van der Waals surface area contributed by atoms with Crippen LogP contribution in [0.1, 0.15) is 15.9 Å². The minimum Gasteiger partial charge on any atom is -0.488 e. The lowest BCUT2D eigenvalue weighted by molar-refractivity contribution is 0.0692. The average Bonchev–Trinajstić information content (AvgIpc) is 3.22. The van der Waals surface area contributed by atoms with Crippen LogP contribution in [-0.4, -0.2) is 11.1 Å². The Morgan fingerprint density at radius 1 is 0.833 bits per heavy atom. The van der Waals surface area contributed by atoms with E-state index in [0.717, 1.165) is 32.9 Å². The zero-order valence-electron chi connectivity index (χ0n) is 16.0. The molecule has 0 aliphatic heterocycles. The van der Waals surface area contributed by atoms with E-state index < -0.39 is 5.97 Å². The third kappa shape index (κ3) is 3.29. The number of ether oxygens (including phenoxy) is 1. The smallest absolute Gasteiger partial charge is 0.339 e. The number of carbonyl (C=O) groups is 1. The van der Waals surface area contributed by atoms with Crippen LogP contribution in [-0.2, 0) is 6.61 Å². The quantitative estimate of drug-likeness (QED) is 0.368. The standard InChI is InChI=1S/C26H18O4/c27-26(28)22-13-12-19(24-14-18-7-2-4-11-23(18)30-24)15-25(22)29-16-20-9-5-8-17-6-1-3-10-21(17)20/h1-15H,16H2,(H,27,28). The molecule has 0 bridgehead atoms. The van der Waals surface area contributed by atoms with Gasteiger partial charge >= 0.3 is 5.97 Å². The summed E-state index contributed by atoms with van der Waals surface area (Å²) in [5.41, 5.74) is 2.67. The monoisotopic (exact) mass is 394 g/mol. The van der Waals surface area contributed by atoms with E-state index in [1.807, 2.05) is 72.8 Å². The molecule has 0 spiro atoms. The molecule has 0 aliphatic carbocycles. The molecule has 0 fully saturated rings. The third-order valence-electron chi connectivity index (χ3n) is 5.19. The Bertz CT molecular complexity index is 1340. The number of fused-ring (bicyclic) bond motifs is 2. The molecule has 1 aromatic heterocycles. The van der Waals surface area contributed by atoms with Crippen molar-refractivity contribution < 1.29 is 19.1 Å². The lowest BCUT2D eigenvalue weighted by Crippen LogP contribution is -2.04. The first-order valence-electron chi connectivity index (χ1n) is 9.65. The lowest BCUT2D eigenvalue weighted by atomic mass is 10.1. The van der Waals surface area contributed by atoms with E-state index in [-0.39, 0.29) is 12.2 Å². The number of para-hydroxylation sites is 1. The van der Waals surface area contributed by atoms with Crippen molar-refractivity contribution in [1.29, 1.82) is 0 Å². The van der Waals surface area contributed by atoms with Gasteiger partial charge in [0.05, 0.1) is 0 Å². The number of carboxylic acids is 1. The average molecular weight is 394 g/mol. The highest BCUT2D eigenvalue weighted by Crippen LogP contribution is 2.32. The van der Waals surface area contributed by atoms with Gasteiger partial charge in [0.25, 0.3) is 0 Å². The maximum atomic E-state index is 11.7. The summed E-state index contributed by atoms with van der Waals surface area (Å²) in [5.74, 6) is -0.0457. The Labute approximate surface area is 173 Å². The van der Waals surface area contributed by atoms with Gasteiger partial charge in [0.1, 0.15) is 29.3 Å². The number of hydrogen-bond donors (Lipinski definition) is 1. The molecule has 5 aromatic rings. The van der Waals surface area contributed by atoms with Crippen molar-refractivity contribution in [3.8, 4) is 17.1 Å². The summed E-state index contributed by atoms with van der Waals surface area (Å²) in [7, 11) is 0. The summed E-state index contributed by atoms with van der Waals surface area (Å²) in [6.45, 7) is 0.269. The molecule has 0 saturated heterocycles. The molecule has 4 nitrogen and oxygen atoms in total. The van der Waals surface area contributed by atoms with E-state index >= 15 is 0 Å². The zero-order chi connectivity index (χ0) is 20.5. The number of carboxylic acid groups (broad SMARTS) is 1. The van der Waals surface area contributed by atoms with Gasteiger partial charge in [0.15, 0.2) is 0 Å². The Kier molecular flexibility index (Phi) is 4.45. The molecule has 4 heteroatoms. The van der Waals surface area contributed by atoms with Crippen LogP contribution in [0.5, 0.6) is 5.75 Å². The summed E-state index contributed by atoms with van der Waals surface area (Å²) in [4.78, 5) is 11.7. The number of benzene rings is 4. The second-order valence-electron chi connectivity index (χ2n) is 7.09. The van der Waals surface area contributed by atoms with E-state index in [2.05, 4.69) is 0 Å². The van der Waals surface area contributed by atoms with Crippen LogP contribution in [0.3, 0.4) is 0 Å². The van der Waals surface area contributed by atoms with Gasteiger partial charge < -0.3 is 14.3 Å². The van der Waals surface area contributed by atoms with E-state index in [4.69, 9.17) is 9.15 Å². The molecule has 0 saturated carbocycles. The van der Waals surface area contributed by atoms with E-state index in [1.165, 1.54) is 0 Å². The molecule has 4 aromatic carbocycles. The minimum atomic E-state index is -1.03. The van der Waals surface area contributed by atoms with E-state index in [1.54, 1.807) is 18.2 Å². The van der Waals surface area contributed by atoms with E-state index in [9.17, 15) is 9.90 Å². The van der Waals surface area contributed by atoms with Crippen molar-refractivity contribution in [3.05, 3.63) is 102 Å². The van der Waals surface area contributed by atoms with Gasteiger partial charge in [-0.1, -0.05) is 66.7 Å². The Morgan fingerprint density at radius 2 is 1.60 bits per heavy atom. The molecular weight excluding hydrogens is 376 g/mol. The number of hydrogen-bond acceptors (Lipinski definition) is 3. The fraction of sp³-hybridized carbons (Fsp3) is 0.0385. The van der Waals surface area contributed by atoms with Gasteiger partial charge in [-0.05, 0) is 40.6 Å². The fourth-order valence-electron chi connectivity index (χ4n) is 3.67. The molecule has 1 N–H and O–H groups in total. The van der Waals surface area contributed by atoms with Crippen LogP contribution in [0.2, 0.25) is 0 Å². The van der Waals surface area contributed by atoms with E-state index in [0.29, 0.717) is 11.5 Å². The van der Waals surface area contributed by atoms with Crippen molar-refractivity contribution in [2.45, 2.75) is 6.61 Å². The zero-order valence-corrected chi connectivity index (χ0v) is 16.0. The predicted molar refractivity (Wildman–Crippen MR) is 117 cm³/mol. The Hall–Kier alpha value is -4.05. The Morgan fingerprint density at radius 3 is 2.43 bits per heavy atom. The molecule has 5 rings (SSSR count). The highest BCUT2D eigenvalue weighted by atomic mass is 16.5. The molecule has 0 radical (unpaired) electrons. The molecular formula is C26H18O4. The number of aromatic carboxylic acids is 1. The molecule has 1 heterocycles. The SMILES string of the molecule is O=C(O)c1ccc(-c2cc3ccccc3o2)cc1OCc1cccc2ccccc12. The predicted octanol–water partition coefficient (Wildman–Crippen LogP) is 6.53. The van der Waals surface area contributed by atoms with Crippen LogP contribution in [0, 0.1) is 0 Å². The largest absolute Gasteiger partial charge is 0.488 e. The summed E-state index contributed by atoms with van der Waals surface area (Å²) in [6, 6.07) is 28.8. The lowest BCUT2D eigenvalue weighted by Gasteiger charge is -2.12. The van der Waals surface area contributed by atoms with Gasteiger partial charge in [-0.25, -0.2) is 4.79 Å². The van der Waals surface area contributed by atoms with Crippen LogP contribution in [0.25, 0.3) is 33.1 Å². The van der Waals surface area contributed by atoms with Crippen LogP contribution in [0.4, 0.5) is 0 Å². The maximum Gasteiger partial charge on any atom is 0.339 e.